The highest BCUT2D eigenvalue weighted by molar-refractivity contribution is 6.46. The summed E-state index contributed by atoms with van der Waals surface area (Å²) in [5.74, 6) is -1.73. The van der Waals surface area contributed by atoms with E-state index in [4.69, 9.17) is 16.3 Å². The number of phenols is 1. The quantitative estimate of drug-likeness (QED) is 0.297. The average Bonchev–Trinajstić information content (AvgIpc) is 2.96. The summed E-state index contributed by atoms with van der Waals surface area (Å²) < 4.78 is 5.54. The Morgan fingerprint density at radius 3 is 2.50 bits per heavy atom. The summed E-state index contributed by atoms with van der Waals surface area (Å²) in [6, 6.07) is 11.9. The van der Waals surface area contributed by atoms with Gasteiger partial charge in [0.2, 0.25) is 0 Å². The van der Waals surface area contributed by atoms with E-state index in [1.54, 1.807) is 36.4 Å². The number of benzene rings is 2. The molecule has 0 bridgehead atoms. The third-order valence-corrected chi connectivity index (χ3v) is 5.09. The first-order valence-corrected chi connectivity index (χ1v) is 10.1. The minimum atomic E-state index is -0.813. The van der Waals surface area contributed by atoms with Crippen molar-refractivity contribution < 1.29 is 24.5 Å². The first-order chi connectivity index (χ1) is 14.3. The number of carbonyl (C=O) groups is 2. The van der Waals surface area contributed by atoms with Gasteiger partial charge in [0.25, 0.3) is 11.7 Å². The van der Waals surface area contributed by atoms with Crippen molar-refractivity contribution in [2.75, 3.05) is 13.2 Å². The molecule has 1 fully saturated rings. The molecule has 0 radical (unpaired) electrons. The molecular weight excluding hydrogens is 406 g/mol. The van der Waals surface area contributed by atoms with E-state index in [9.17, 15) is 19.8 Å². The number of amides is 1. The lowest BCUT2D eigenvalue weighted by Gasteiger charge is -2.25. The molecule has 30 heavy (non-hydrogen) atoms. The SMILES string of the molecule is CC(C)OCCCN1C(=O)C(=O)C(=C(O)c2ccc(Cl)cc2)[C@H]1c1cccc(O)c1. The molecule has 0 aliphatic carbocycles. The number of aromatic hydroxyl groups is 1. The van der Waals surface area contributed by atoms with Crippen molar-refractivity contribution in [3.8, 4) is 5.75 Å². The molecule has 0 unspecified atom stereocenters. The lowest BCUT2D eigenvalue weighted by Crippen LogP contribution is -2.31. The van der Waals surface area contributed by atoms with Crippen LogP contribution in [0.15, 0.2) is 54.1 Å². The number of phenolic OH excluding ortho intramolecular Hbond substituents is 1. The third-order valence-electron chi connectivity index (χ3n) is 4.84. The third kappa shape index (κ3) is 4.66. The number of aliphatic hydroxyl groups is 1. The van der Waals surface area contributed by atoms with E-state index in [0.717, 1.165) is 0 Å². The van der Waals surface area contributed by atoms with Gasteiger partial charge in [-0.25, -0.2) is 0 Å². The summed E-state index contributed by atoms with van der Waals surface area (Å²) in [6.45, 7) is 4.55. The Morgan fingerprint density at radius 1 is 1.17 bits per heavy atom. The van der Waals surface area contributed by atoms with Gasteiger partial charge >= 0.3 is 0 Å². The van der Waals surface area contributed by atoms with E-state index in [1.807, 2.05) is 13.8 Å². The number of ether oxygens (including phenoxy) is 1. The molecule has 3 rings (SSSR count). The summed E-state index contributed by atoms with van der Waals surface area (Å²) in [5.41, 5.74) is 0.901. The molecular formula is C23H24ClNO5. The number of carbonyl (C=O) groups excluding carboxylic acids is 2. The van der Waals surface area contributed by atoms with Crippen LogP contribution in [0, 0.1) is 0 Å². The highest BCUT2D eigenvalue weighted by atomic mass is 35.5. The summed E-state index contributed by atoms with van der Waals surface area (Å²) in [4.78, 5) is 27.1. The molecule has 1 aliphatic rings. The zero-order valence-corrected chi connectivity index (χ0v) is 17.6. The van der Waals surface area contributed by atoms with Crippen LogP contribution in [0.1, 0.15) is 37.4 Å². The van der Waals surface area contributed by atoms with Gasteiger partial charge in [-0.2, -0.15) is 0 Å². The van der Waals surface area contributed by atoms with E-state index < -0.39 is 17.7 Å². The Morgan fingerprint density at radius 2 is 1.87 bits per heavy atom. The van der Waals surface area contributed by atoms with Crippen molar-refractivity contribution in [1.29, 1.82) is 0 Å². The molecule has 2 aromatic rings. The predicted molar refractivity (Wildman–Crippen MR) is 114 cm³/mol. The number of halogens is 1. The van der Waals surface area contributed by atoms with Gasteiger partial charge in [-0.3, -0.25) is 9.59 Å². The summed E-state index contributed by atoms with van der Waals surface area (Å²) in [5, 5.41) is 21.3. The summed E-state index contributed by atoms with van der Waals surface area (Å²) in [7, 11) is 0. The van der Waals surface area contributed by atoms with Gasteiger partial charge in [-0.1, -0.05) is 23.7 Å². The second-order valence-electron chi connectivity index (χ2n) is 7.37. The Bertz CT molecular complexity index is 968. The fraction of sp³-hybridized carbons (Fsp3) is 0.304. The molecule has 1 aliphatic heterocycles. The van der Waals surface area contributed by atoms with E-state index >= 15 is 0 Å². The second kappa shape index (κ2) is 9.32. The van der Waals surface area contributed by atoms with Crippen LogP contribution in [0.25, 0.3) is 5.76 Å². The monoisotopic (exact) mass is 429 g/mol. The number of hydrogen-bond donors (Lipinski definition) is 2. The van der Waals surface area contributed by atoms with E-state index in [2.05, 4.69) is 0 Å². The van der Waals surface area contributed by atoms with Crippen molar-refractivity contribution in [1.82, 2.24) is 4.90 Å². The summed E-state index contributed by atoms with van der Waals surface area (Å²) >= 11 is 5.92. The molecule has 158 valence electrons. The maximum atomic E-state index is 12.9. The van der Waals surface area contributed by atoms with E-state index in [0.29, 0.717) is 29.2 Å². The lowest BCUT2D eigenvalue weighted by atomic mass is 9.95. The first-order valence-electron chi connectivity index (χ1n) is 9.74. The maximum absolute atomic E-state index is 12.9. The number of rotatable bonds is 7. The van der Waals surface area contributed by atoms with Crippen LogP contribution < -0.4 is 0 Å². The Labute approximate surface area is 180 Å². The zero-order chi connectivity index (χ0) is 21.8. The lowest BCUT2D eigenvalue weighted by molar-refractivity contribution is -0.140. The van der Waals surface area contributed by atoms with Gasteiger partial charge in [0.15, 0.2) is 0 Å². The predicted octanol–water partition coefficient (Wildman–Crippen LogP) is 4.28. The Kier molecular flexibility index (Phi) is 6.80. The number of ketones is 1. The molecule has 6 nitrogen and oxygen atoms in total. The highest BCUT2D eigenvalue weighted by Crippen LogP contribution is 2.40. The van der Waals surface area contributed by atoms with Gasteiger partial charge in [-0.15, -0.1) is 0 Å². The molecule has 0 spiro atoms. The molecule has 1 saturated heterocycles. The molecule has 0 aromatic heterocycles. The summed E-state index contributed by atoms with van der Waals surface area (Å²) in [6.07, 6.45) is 0.591. The normalized spacial score (nSPS) is 18.4. The van der Waals surface area contributed by atoms with E-state index in [1.165, 1.54) is 17.0 Å². The first kappa shape index (κ1) is 21.9. The van der Waals surface area contributed by atoms with Gasteiger partial charge in [-0.05, 0) is 62.2 Å². The number of likely N-dealkylation sites (tertiary alicyclic amines) is 1. The van der Waals surface area contributed by atoms with Crippen LogP contribution in [0.2, 0.25) is 5.02 Å². The maximum Gasteiger partial charge on any atom is 0.295 e. The topological polar surface area (TPSA) is 87.1 Å². The number of Topliss-reactive ketones (excluding diaryl/α,β-unsaturated/α-hetero) is 1. The standard InChI is InChI=1S/C23H24ClNO5/c1-14(2)30-12-4-11-25-20(16-5-3-6-18(26)13-16)19(22(28)23(25)29)21(27)15-7-9-17(24)10-8-15/h3,5-10,13-14,20,26-27H,4,11-12H2,1-2H3/t20-/m1/s1. The van der Waals surface area contributed by atoms with Crippen molar-refractivity contribution in [3.63, 3.8) is 0 Å². The fourth-order valence-corrected chi connectivity index (χ4v) is 3.60. The second-order valence-corrected chi connectivity index (χ2v) is 7.80. The molecule has 1 heterocycles. The van der Waals surface area contributed by atoms with Crippen LogP contribution in [0.4, 0.5) is 0 Å². The van der Waals surface area contributed by atoms with Gasteiger partial charge in [0.05, 0.1) is 17.7 Å². The molecule has 7 heteroatoms. The molecule has 0 saturated carbocycles. The average molecular weight is 430 g/mol. The van der Waals surface area contributed by atoms with Gasteiger partial charge in [0.1, 0.15) is 11.5 Å². The van der Waals surface area contributed by atoms with Gasteiger partial charge in [0, 0.05) is 23.7 Å². The molecule has 1 amide bonds. The Balaban J connectivity index is 2.03. The van der Waals surface area contributed by atoms with Crippen LogP contribution in [-0.4, -0.2) is 46.1 Å². The van der Waals surface area contributed by atoms with Crippen LogP contribution in [0.5, 0.6) is 5.75 Å². The largest absolute Gasteiger partial charge is 0.508 e. The molecule has 2 aromatic carbocycles. The number of hydrogen-bond acceptors (Lipinski definition) is 5. The van der Waals surface area contributed by atoms with E-state index in [-0.39, 0.29) is 29.7 Å². The minimum Gasteiger partial charge on any atom is -0.508 e. The Hall–Kier alpha value is -2.83. The van der Waals surface area contributed by atoms with Crippen molar-refractivity contribution in [2.24, 2.45) is 0 Å². The van der Waals surface area contributed by atoms with Crippen LogP contribution in [0.3, 0.4) is 0 Å². The molecule has 1 atom stereocenters. The van der Waals surface area contributed by atoms with Crippen molar-refractivity contribution >= 4 is 29.1 Å². The minimum absolute atomic E-state index is 0.00715. The highest BCUT2D eigenvalue weighted by Gasteiger charge is 2.45. The number of nitrogens with zero attached hydrogens (tertiary/aromatic N) is 1. The fourth-order valence-electron chi connectivity index (χ4n) is 3.47. The smallest absolute Gasteiger partial charge is 0.295 e. The van der Waals surface area contributed by atoms with Crippen molar-refractivity contribution in [3.05, 3.63) is 70.3 Å². The number of aliphatic hydroxyl groups excluding tert-OH is 1. The zero-order valence-electron chi connectivity index (χ0n) is 16.8. The van der Waals surface area contributed by atoms with Crippen molar-refractivity contribution in [2.45, 2.75) is 32.4 Å². The van der Waals surface area contributed by atoms with Crippen LogP contribution in [-0.2, 0) is 14.3 Å². The molecule has 2 N–H and O–H groups in total. The van der Waals surface area contributed by atoms with Crippen LogP contribution >= 0.6 is 11.6 Å². The van der Waals surface area contributed by atoms with Gasteiger partial charge < -0.3 is 19.8 Å².